The molecule has 0 saturated carbocycles. The van der Waals surface area contributed by atoms with Crippen molar-refractivity contribution in [3.05, 3.63) is 23.4 Å². The van der Waals surface area contributed by atoms with Gasteiger partial charge in [-0.1, -0.05) is 13.8 Å². The minimum Gasteiger partial charge on any atom is -0.475 e. The molecular weight excluding hydrogens is 395 g/mol. The van der Waals surface area contributed by atoms with Crippen molar-refractivity contribution >= 4 is 11.9 Å². The molecule has 0 radical (unpaired) electrons. The van der Waals surface area contributed by atoms with E-state index < -0.39 is 24.2 Å². The number of alkyl halides is 3. The average molecular weight is 421 g/mol. The highest BCUT2D eigenvalue weighted by Crippen LogP contribution is 2.31. The van der Waals surface area contributed by atoms with Gasteiger partial charge in [-0.25, -0.2) is 9.78 Å². The van der Waals surface area contributed by atoms with Crippen molar-refractivity contribution in [1.82, 2.24) is 10.3 Å². The third-order valence-electron chi connectivity index (χ3n) is 4.06. The number of halogens is 3. The molecule has 0 spiro atoms. The lowest BCUT2D eigenvalue weighted by molar-refractivity contribution is -0.192. The first-order valence-electron chi connectivity index (χ1n) is 9.03. The Hall–Kier alpha value is -2.40. The number of amides is 1. The number of aliphatic hydroxyl groups is 1. The van der Waals surface area contributed by atoms with E-state index in [1.54, 1.807) is 6.20 Å². The maximum atomic E-state index is 10.9. The molecule has 5 N–H and O–H groups in total. The second-order valence-corrected chi connectivity index (χ2v) is 6.99. The van der Waals surface area contributed by atoms with Gasteiger partial charge in [0, 0.05) is 17.8 Å². The fraction of sp³-hybridized carbons (Fsp3) is 0.611. The van der Waals surface area contributed by atoms with Crippen LogP contribution in [0.25, 0.3) is 0 Å². The van der Waals surface area contributed by atoms with E-state index in [0.29, 0.717) is 11.8 Å². The first kappa shape index (κ1) is 24.6. The minimum absolute atomic E-state index is 0.0531. The van der Waals surface area contributed by atoms with E-state index in [0.717, 1.165) is 36.9 Å². The lowest BCUT2D eigenvalue weighted by Gasteiger charge is -2.23. The van der Waals surface area contributed by atoms with Crippen LogP contribution in [0, 0.1) is 5.92 Å². The topological polar surface area (TPSA) is 135 Å². The zero-order valence-electron chi connectivity index (χ0n) is 16.2. The molecule has 2 atom stereocenters. The molecule has 1 aromatic rings. The highest BCUT2D eigenvalue weighted by molar-refractivity contribution is 5.75. The van der Waals surface area contributed by atoms with E-state index in [4.69, 9.17) is 20.4 Å². The Balaban J connectivity index is 0.000000516. The van der Waals surface area contributed by atoms with Crippen molar-refractivity contribution in [3.8, 4) is 5.88 Å². The van der Waals surface area contributed by atoms with Crippen molar-refractivity contribution < 1.29 is 37.7 Å². The number of aliphatic carboxylic acids is 1. The molecule has 0 aromatic carbocycles. The van der Waals surface area contributed by atoms with E-state index in [1.165, 1.54) is 0 Å². The number of hydrogen-bond donors (Lipinski definition) is 4. The monoisotopic (exact) mass is 421 g/mol. The first-order chi connectivity index (χ1) is 13.4. The lowest BCUT2D eigenvalue weighted by atomic mass is 9.92. The number of carbonyl (C=O) groups excluding carboxylic acids is 1. The third-order valence-corrected chi connectivity index (χ3v) is 4.06. The van der Waals surface area contributed by atoms with E-state index in [2.05, 4.69) is 24.1 Å². The number of hydrogen-bond acceptors (Lipinski definition) is 6. The molecule has 1 fully saturated rings. The van der Waals surface area contributed by atoms with E-state index in [1.807, 2.05) is 6.07 Å². The summed E-state index contributed by atoms with van der Waals surface area (Å²) in [4.78, 5) is 24.1. The van der Waals surface area contributed by atoms with E-state index in [-0.39, 0.29) is 12.6 Å². The zero-order valence-corrected chi connectivity index (χ0v) is 16.2. The van der Waals surface area contributed by atoms with Crippen LogP contribution in [-0.2, 0) is 16.0 Å². The number of nitrogens with one attached hydrogen (secondary N) is 1. The van der Waals surface area contributed by atoms with Gasteiger partial charge in [-0.15, -0.1) is 0 Å². The summed E-state index contributed by atoms with van der Waals surface area (Å²) in [5.41, 5.74) is 6.82. The van der Waals surface area contributed by atoms with Crippen LogP contribution in [0.15, 0.2) is 12.3 Å². The second kappa shape index (κ2) is 11.0. The Morgan fingerprint density at radius 2 is 2.03 bits per heavy atom. The molecule has 1 aromatic heterocycles. The number of nitrogens with two attached hydrogens (primary N) is 1. The van der Waals surface area contributed by atoms with Crippen molar-refractivity contribution in [2.75, 3.05) is 13.2 Å². The first-order valence-corrected chi connectivity index (χ1v) is 9.03. The fourth-order valence-electron chi connectivity index (χ4n) is 2.84. The molecule has 0 aliphatic carbocycles. The number of ether oxygens (including phenoxy) is 1. The molecule has 0 unspecified atom stereocenters. The number of nitrogens with zero attached hydrogens (tertiary/aromatic N) is 1. The van der Waals surface area contributed by atoms with Crippen LogP contribution in [0.4, 0.5) is 13.2 Å². The molecule has 1 saturated heterocycles. The summed E-state index contributed by atoms with van der Waals surface area (Å²) in [7, 11) is 0. The van der Waals surface area contributed by atoms with Crippen molar-refractivity contribution in [3.63, 3.8) is 0 Å². The van der Waals surface area contributed by atoms with Gasteiger partial charge in [-0.3, -0.25) is 4.79 Å². The van der Waals surface area contributed by atoms with Gasteiger partial charge < -0.3 is 26.0 Å². The molecule has 8 nitrogen and oxygen atoms in total. The van der Waals surface area contributed by atoms with Gasteiger partial charge in [0.15, 0.2) is 6.61 Å². The number of carboxylic acids is 1. The molecule has 164 valence electrons. The maximum Gasteiger partial charge on any atom is 0.490 e. The molecule has 11 heteroatoms. The summed E-state index contributed by atoms with van der Waals surface area (Å²) in [5, 5.41) is 21.1. The molecule has 2 rings (SSSR count). The van der Waals surface area contributed by atoms with Gasteiger partial charge in [0.25, 0.3) is 5.91 Å². The number of pyridine rings is 1. The number of aromatic nitrogens is 1. The number of rotatable bonds is 7. The van der Waals surface area contributed by atoms with Crippen LogP contribution in [0.2, 0.25) is 0 Å². The van der Waals surface area contributed by atoms with Crippen LogP contribution in [0.1, 0.15) is 43.9 Å². The summed E-state index contributed by atoms with van der Waals surface area (Å²) in [6.45, 7) is 4.90. The molecule has 1 aliphatic heterocycles. The predicted octanol–water partition coefficient (Wildman–Crippen LogP) is 1.56. The smallest absolute Gasteiger partial charge is 0.475 e. The molecule has 2 heterocycles. The number of aliphatic hydroxyl groups excluding tert-OH is 1. The number of carboxylic acid groups (broad SMARTS) is 1. The van der Waals surface area contributed by atoms with E-state index in [9.17, 15) is 23.1 Å². The molecule has 0 bridgehead atoms. The van der Waals surface area contributed by atoms with Gasteiger partial charge >= 0.3 is 12.1 Å². The average Bonchev–Trinajstić information content (AvgIpc) is 3.14. The minimum atomic E-state index is -5.08. The molecule has 1 aliphatic rings. The maximum absolute atomic E-state index is 10.9. The normalized spacial score (nSPS) is 17.4. The summed E-state index contributed by atoms with van der Waals surface area (Å²) >= 11 is 0. The highest BCUT2D eigenvalue weighted by atomic mass is 19.4. The fourth-order valence-corrected chi connectivity index (χ4v) is 2.84. The molecule has 1 amide bonds. The summed E-state index contributed by atoms with van der Waals surface area (Å²) in [5.74, 6) is -2.53. The van der Waals surface area contributed by atoms with Crippen LogP contribution >= 0.6 is 0 Å². The summed E-state index contributed by atoms with van der Waals surface area (Å²) in [6, 6.07) is 1.89. The van der Waals surface area contributed by atoms with Crippen LogP contribution in [0.3, 0.4) is 0 Å². The van der Waals surface area contributed by atoms with Gasteiger partial charge in [-0.05, 0) is 43.4 Å². The highest BCUT2D eigenvalue weighted by Gasteiger charge is 2.38. The Bertz CT molecular complexity index is 692. The van der Waals surface area contributed by atoms with Crippen LogP contribution in [-0.4, -0.2) is 52.4 Å². The van der Waals surface area contributed by atoms with Gasteiger partial charge in [-0.2, -0.15) is 13.2 Å². The number of primary amides is 1. The van der Waals surface area contributed by atoms with E-state index >= 15 is 0 Å². The quantitative estimate of drug-likeness (QED) is 0.525. The standard InChI is InChI=1S/C16H25N3O3.C2HF3O2/c1-10(2)8-12-11(15(21)13-4-3-6-18-13)5-7-19-16(12)22-9-14(17)20;3-2(4,5)1(6)7/h5,7,10,13,15,18,21H,3-4,6,8-9H2,1-2H3,(H2,17,20);(H,6,7)/t13-,15-;/m0./s1. The third kappa shape index (κ3) is 8.24. The number of carbonyl (C=O) groups is 2. The van der Waals surface area contributed by atoms with Crippen molar-refractivity contribution in [2.24, 2.45) is 11.7 Å². The second-order valence-electron chi connectivity index (χ2n) is 6.99. The van der Waals surface area contributed by atoms with Crippen molar-refractivity contribution in [1.29, 1.82) is 0 Å². The Morgan fingerprint density at radius 1 is 1.41 bits per heavy atom. The zero-order chi connectivity index (χ0) is 22.2. The van der Waals surface area contributed by atoms with Gasteiger partial charge in [0.1, 0.15) is 0 Å². The molecule has 29 heavy (non-hydrogen) atoms. The predicted molar refractivity (Wildman–Crippen MR) is 97.1 cm³/mol. The Labute approximate surface area is 166 Å². The SMILES string of the molecule is CC(C)Cc1c([C@H](O)[C@@H]2CCCN2)ccnc1OCC(N)=O.O=C(O)C(F)(F)F. The molecular formula is C18H26F3N3O5. The Morgan fingerprint density at radius 3 is 2.48 bits per heavy atom. The Kier molecular flexibility index (Phi) is 9.31. The largest absolute Gasteiger partial charge is 0.490 e. The summed E-state index contributed by atoms with van der Waals surface area (Å²) < 4.78 is 37.2. The van der Waals surface area contributed by atoms with Gasteiger partial charge in [0.2, 0.25) is 5.88 Å². The van der Waals surface area contributed by atoms with Crippen LogP contribution in [0.5, 0.6) is 5.88 Å². The summed E-state index contributed by atoms with van der Waals surface area (Å²) in [6.07, 6.45) is -1.34. The lowest BCUT2D eigenvalue weighted by Crippen LogP contribution is -2.30. The van der Waals surface area contributed by atoms with Gasteiger partial charge in [0.05, 0.1) is 6.10 Å². The van der Waals surface area contributed by atoms with Crippen LogP contribution < -0.4 is 15.8 Å². The van der Waals surface area contributed by atoms with Crippen molar-refractivity contribution in [2.45, 2.75) is 51.4 Å².